The number of aromatic nitrogens is 1. The maximum Gasteiger partial charge on any atom is 0.181 e. The third-order valence-corrected chi connectivity index (χ3v) is 4.10. The number of carbonyl (C=O) groups is 1. The Morgan fingerprint density at radius 1 is 1.37 bits per heavy atom. The average Bonchev–Trinajstić information content (AvgIpc) is 2.78. The first-order valence-corrected chi connectivity index (χ1v) is 7.00. The molecule has 3 heteroatoms. The number of hydrogen-bond acceptors (Lipinski definition) is 2. The minimum absolute atomic E-state index is 0.000128. The molecule has 0 radical (unpaired) electrons. The van der Waals surface area contributed by atoms with Crippen LogP contribution < -0.4 is 5.32 Å². The van der Waals surface area contributed by atoms with E-state index in [-0.39, 0.29) is 11.8 Å². The van der Waals surface area contributed by atoms with Gasteiger partial charge in [-0.2, -0.15) is 0 Å². The first kappa shape index (κ1) is 12.4. The van der Waals surface area contributed by atoms with E-state index in [9.17, 15) is 4.79 Å². The van der Waals surface area contributed by atoms with Crippen LogP contribution in [0.3, 0.4) is 0 Å². The van der Waals surface area contributed by atoms with Crippen molar-refractivity contribution >= 4 is 16.7 Å². The summed E-state index contributed by atoms with van der Waals surface area (Å²) >= 11 is 0. The maximum absolute atomic E-state index is 12.7. The summed E-state index contributed by atoms with van der Waals surface area (Å²) in [6, 6.07) is 6.18. The van der Waals surface area contributed by atoms with Gasteiger partial charge in [-0.3, -0.25) is 4.79 Å². The molecule has 1 aliphatic rings. The number of nitrogens with zero attached hydrogens (tertiary/aromatic N) is 1. The van der Waals surface area contributed by atoms with Gasteiger partial charge in [0.15, 0.2) is 5.78 Å². The molecular weight excluding hydrogens is 236 g/mol. The summed E-state index contributed by atoms with van der Waals surface area (Å²) in [5.74, 6) is 0.246. The fraction of sp³-hybridized carbons (Fsp3) is 0.438. The molecule has 19 heavy (non-hydrogen) atoms. The third kappa shape index (κ3) is 2.08. The minimum Gasteiger partial charge on any atom is -0.350 e. The van der Waals surface area contributed by atoms with Crippen molar-refractivity contribution in [3.05, 3.63) is 35.5 Å². The molecule has 100 valence electrons. The van der Waals surface area contributed by atoms with E-state index in [0.29, 0.717) is 0 Å². The first-order valence-electron chi connectivity index (χ1n) is 7.00. The van der Waals surface area contributed by atoms with Crippen molar-refractivity contribution in [2.75, 3.05) is 6.54 Å². The molecule has 1 saturated heterocycles. The van der Waals surface area contributed by atoms with Crippen molar-refractivity contribution < 1.29 is 4.79 Å². The lowest BCUT2D eigenvalue weighted by molar-refractivity contribution is 0.0928. The number of para-hydroxylation sites is 1. The molecule has 0 bridgehead atoms. The van der Waals surface area contributed by atoms with Crippen LogP contribution in [0.15, 0.2) is 24.4 Å². The zero-order valence-electron chi connectivity index (χ0n) is 11.6. The Kier molecular flexibility index (Phi) is 3.15. The van der Waals surface area contributed by atoms with Crippen LogP contribution in [0.2, 0.25) is 0 Å². The van der Waals surface area contributed by atoms with E-state index in [4.69, 9.17) is 0 Å². The predicted molar refractivity (Wildman–Crippen MR) is 77.6 cm³/mol. The van der Waals surface area contributed by atoms with Crippen LogP contribution in [-0.2, 0) is 7.05 Å². The summed E-state index contributed by atoms with van der Waals surface area (Å²) in [4.78, 5) is 12.7. The SMILES string of the molecule is Cc1cccc2c(C(=O)C3CCCCN3)cn(C)c12. The molecular formula is C16H20N2O. The van der Waals surface area contributed by atoms with Crippen LogP contribution in [0.25, 0.3) is 10.9 Å². The van der Waals surface area contributed by atoms with Gasteiger partial charge in [0.05, 0.1) is 11.6 Å². The third-order valence-electron chi connectivity index (χ3n) is 4.10. The van der Waals surface area contributed by atoms with Gasteiger partial charge in [0.2, 0.25) is 0 Å². The summed E-state index contributed by atoms with van der Waals surface area (Å²) in [5, 5.41) is 4.43. The molecule has 3 rings (SSSR count). The summed E-state index contributed by atoms with van der Waals surface area (Å²) in [5.41, 5.74) is 3.25. The molecule has 1 aromatic carbocycles. The van der Waals surface area contributed by atoms with Gasteiger partial charge in [0, 0.05) is 24.2 Å². The van der Waals surface area contributed by atoms with Crippen LogP contribution >= 0.6 is 0 Å². The molecule has 0 amide bonds. The van der Waals surface area contributed by atoms with Crippen molar-refractivity contribution in [3.8, 4) is 0 Å². The van der Waals surface area contributed by atoms with E-state index in [1.165, 1.54) is 17.5 Å². The fourth-order valence-electron chi connectivity index (χ4n) is 3.13. The molecule has 2 heterocycles. The smallest absolute Gasteiger partial charge is 0.181 e. The number of fused-ring (bicyclic) bond motifs is 1. The molecule has 2 aromatic rings. The molecule has 1 fully saturated rings. The quantitative estimate of drug-likeness (QED) is 0.838. The topological polar surface area (TPSA) is 34.0 Å². The van der Waals surface area contributed by atoms with Crippen molar-refractivity contribution in [3.63, 3.8) is 0 Å². The van der Waals surface area contributed by atoms with Crippen LogP contribution in [0.4, 0.5) is 0 Å². The highest BCUT2D eigenvalue weighted by Gasteiger charge is 2.24. The Morgan fingerprint density at radius 2 is 2.21 bits per heavy atom. The fourth-order valence-corrected chi connectivity index (χ4v) is 3.13. The summed E-state index contributed by atoms with van der Waals surface area (Å²) in [6.45, 7) is 3.05. The molecule has 1 unspecified atom stereocenters. The van der Waals surface area contributed by atoms with E-state index in [2.05, 4.69) is 28.9 Å². The molecule has 1 aromatic heterocycles. The van der Waals surface area contributed by atoms with Gasteiger partial charge in [0.25, 0.3) is 0 Å². The molecule has 0 spiro atoms. The standard InChI is InChI=1S/C16H20N2O/c1-11-6-5-7-12-13(10-18(2)15(11)12)16(19)14-8-3-4-9-17-14/h5-7,10,14,17H,3-4,8-9H2,1-2H3. The lowest BCUT2D eigenvalue weighted by Crippen LogP contribution is -2.40. The predicted octanol–water partition coefficient (Wildman–Crippen LogP) is 2.81. The molecule has 1 aliphatic heterocycles. The number of aryl methyl sites for hydroxylation is 2. The van der Waals surface area contributed by atoms with Crippen molar-refractivity contribution in [2.45, 2.75) is 32.2 Å². The number of benzene rings is 1. The van der Waals surface area contributed by atoms with Gasteiger partial charge in [-0.25, -0.2) is 0 Å². The van der Waals surface area contributed by atoms with E-state index in [1.807, 2.05) is 19.3 Å². The number of Topliss-reactive ketones (excluding diaryl/α,β-unsaturated/α-hetero) is 1. The molecule has 0 saturated carbocycles. The number of nitrogens with one attached hydrogen (secondary N) is 1. The van der Waals surface area contributed by atoms with E-state index < -0.39 is 0 Å². The van der Waals surface area contributed by atoms with E-state index in [1.54, 1.807) is 0 Å². The Hall–Kier alpha value is -1.61. The maximum atomic E-state index is 12.7. The summed E-state index contributed by atoms with van der Waals surface area (Å²) in [6.07, 6.45) is 5.27. The van der Waals surface area contributed by atoms with Crippen LogP contribution in [-0.4, -0.2) is 22.9 Å². The zero-order chi connectivity index (χ0) is 13.4. The number of carbonyl (C=O) groups excluding carboxylic acids is 1. The monoisotopic (exact) mass is 256 g/mol. The summed E-state index contributed by atoms with van der Waals surface area (Å²) < 4.78 is 2.07. The highest BCUT2D eigenvalue weighted by molar-refractivity contribution is 6.11. The number of rotatable bonds is 2. The van der Waals surface area contributed by atoms with Gasteiger partial charge in [-0.15, -0.1) is 0 Å². The average molecular weight is 256 g/mol. The Labute approximate surface area is 113 Å². The minimum atomic E-state index is -0.000128. The van der Waals surface area contributed by atoms with Crippen LogP contribution in [0.1, 0.15) is 35.2 Å². The highest BCUT2D eigenvalue weighted by Crippen LogP contribution is 2.25. The normalized spacial score (nSPS) is 19.8. The summed E-state index contributed by atoms with van der Waals surface area (Å²) in [7, 11) is 2.01. The van der Waals surface area contributed by atoms with Gasteiger partial charge >= 0.3 is 0 Å². The van der Waals surface area contributed by atoms with E-state index in [0.717, 1.165) is 30.3 Å². The Balaban J connectivity index is 2.05. The molecule has 1 N–H and O–H groups in total. The Bertz CT molecular complexity index is 621. The van der Waals surface area contributed by atoms with E-state index >= 15 is 0 Å². The second-order valence-corrected chi connectivity index (χ2v) is 5.49. The van der Waals surface area contributed by atoms with Gasteiger partial charge < -0.3 is 9.88 Å². The Morgan fingerprint density at radius 3 is 2.95 bits per heavy atom. The second kappa shape index (κ2) is 4.82. The largest absolute Gasteiger partial charge is 0.350 e. The van der Waals surface area contributed by atoms with Gasteiger partial charge in [-0.05, 0) is 31.9 Å². The molecule has 0 aliphatic carbocycles. The van der Waals surface area contributed by atoms with Crippen LogP contribution in [0, 0.1) is 6.92 Å². The highest BCUT2D eigenvalue weighted by atomic mass is 16.1. The van der Waals surface area contributed by atoms with Crippen LogP contribution in [0.5, 0.6) is 0 Å². The van der Waals surface area contributed by atoms with Crippen molar-refractivity contribution in [1.82, 2.24) is 9.88 Å². The number of hydrogen-bond donors (Lipinski definition) is 1. The van der Waals surface area contributed by atoms with Gasteiger partial charge in [0.1, 0.15) is 0 Å². The number of piperidine rings is 1. The second-order valence-electron chi connectivity index (χ2n) is 5.49. The number of ketones is 1. The van der Waals surface area contributed by atoms with Gasteiger partial charge in [-0.1, -0.05) is 24.6 Å². The lowest BCUT2D eigenvalue weighted by Gasteiger charge is -2.21. The lowest BCUT2D eigenvalue weighted by atomic mass is 9.96. The molecule has 1 atom stereocenters. The first-order chi connectivity index (χ1) is 9.18. The molecule has 3 nitrogen and oxygen atoms in total. The van der Waals surface area contributed by atoms with Crippen molar-refractivity contribution in [2.24, 2.45) is 7.05 Å². The zero-order valence-corrected chi connectivity index (χ0v) is 11.6. The van der Waals surface area contributed by atoms with Crippen molar-refractivity contribution in [1.29, 1.82) is 0 Å².